The van der Waals surface area contributed by atoms with E-state index in [1.54, 1.807) is 12.3 Å². The highest BCUT2D eigenvalue weighted by Crippen LogP contribution is 2.33. The maximum absolute atomic E-state index is 11.5. The van der Waals surface area contributed by atoms with Crippen molar-refractivity contribution in [3.05, 3.63) is 28.5 Å². The third-order valence-corrected chi connectivity index (χ3v) is 2.65. The predicted molar refractivity (Wildman–Crippen MR) is 53.6 cm³/mol. The van der Waals surface area contributed by atoms with Gasteiger partial charge in [-0.05, 0) is 46.8 Å². The van der Waals surface area contributed by atoms with E-state index < -0.39 is 0 Å². The highest BCUT2D eigenvalue weighted by molar-refractivity contribution is 9.10. The lowest BCUT2D eigenvalue weighted by molar-refractivity contribution is 0.0971. The van der Waals surface area contributed by atoms with Crippen LogP contribution in [0.2, 0.25) is 0 Å². The molecule has 1 heterocycles. The summed E-state index contributed by atoms with van der Waals surface area (Å²) in [5.74, 6) is 0.813. The Bertz CT molecular complexity index is 316. The van der Waals surface area contributed by atoms with Gasteiger partial charge in [0.05, 0.1) is 0 Å². The van der Waals surface area contributed by atoms with E-state index in [4.69, 9.17) is 0 Å². The van der Waals surface area contributed by atoms with E-state index >= 15 is 0 Å². The first kappa shape index (κ1) is 8.88. The Balaban J connectivity index is 2.05. The minimum Gasteiger partial charge on any atom is -0.292 e. The van der Waals surface area contributed by atoms with Crippen LogP contribution in [0.1, 0.15) is 29.8 Å². The lowest BCUT2D eigenvalue weighted by Crippen LogP contribution is -2.02. The lowest BCUT2D eigenvalue weighted by Gasteiger charge is -1.97. The zero-order chi connectivity index (χ0) is 9.26. The Morgan fingerprint density at radius 2 is 2.31 bits per heavy atom. The maximum atomic E-state index is 11.5. The Morgan fingerprint density at radius 1 is 1.54 bits per heavy atom. The molecule has 68 valence electrons. The van der Waals surface area contributed by atoms with Crippen molar-refractivity contribution in [3.8, 4) is 0 Å². The Morgan fingerprint density at radius 3 is 2.85 bits per heavy atom. The molecule has 1 aromatic heterocycles. The molecule has 1 saturated carbocycles. The van der Waals surface area contributed by atoms with Crippen LogP contribution < -0.4 is 0 Å². The molecule has 0 amide bonds. The summed E-state index contributed by atoms with van der Waals surface area (Å²) in [7, 11) is 0. The van der Waals surface area contributed by atoms with Gasteiger partial charge >= 0.3 is 0 Å². The van der Waals surface area contributed by atoms with E-state index in [0.717, 1.165) is 4.47 Å². The molecule has 0 radical (unpaired) electrons. The van der Waals surface area contributed by atoms with Gasteiger partial charge in [-0.25, -0.2) is 0 Å². The number of aromatic nitrogens is 1. The fourth-order valence-electron chi connectivity index (χ4n) is 1.23. The molecule has 2 nitrogen and oxygen atoms in total. The molecule has 1 aliphatic rings. The summed E-state index contributed by atoms with van der Waals surface area (Å²) in [6, 6.07) is 3.63. The Hall–Kier alpha value is -0.700. The second-order valence-electron chi connectivity index (χ2n) is 3.43. The summed E-state index contributed by atoms with van der Waals surface area (Å²) >= 11 is 3.28. The minimum absolute atomic E-state index is 0.176. The highest BCUT2D eigenvalue weighted by Gasteiger charge is 2.25. The molecule has 2 rings (SSSR count). The Labute approximate surface area is 85.5 Å². The minimum atomic E-state index is 0.176. The van der Waals surface area contributed by atoms with Crippen LogP contribution in [0.4, 0.5) is 0 Å². The van der Waals surface area contributed by atoms with E-state index in [-0.39, 0.29) is 5.78 Å². The van der Waals surface area contributed by atoms with Gasteiger partial charge < -0.3 is 0 Å². The standard InChI is InChI=1S/C10H10BrNO/c11-8-3-4-9(12-6-8)10(13)5-7-1-2-7/h3-4,6-7H,1-2,5H2. The summed E-state index contributed by atoms with van der Waals surface area (Å²) in [4.78, 5) is 15.6. The average molecular weight is 240 g/mol. The van der Waals surface area contributed by atoms with E-state index in [0.29, 0.717) is 18.0 Å². The molecule has 0 spiro atoms. The number of halogens is 1. The third kappa shape index (κ3) is 2.37. The average Bonchev–Trinajstić information content (AvgIpc) is 2.89. The number of hydrogen-bond donors (Lipinski definition) is 0. The number of ketones is 1. The van der Waals surface area contributed by atoms with Crippen LogP contribution in [0.15, 0.2) is 22.8 Å². The van der Waals surface area contributed by atoms with Gasteiger partial charge in [0.15, 0.2) is 5.78 Å². The zero-order valence-corrected chi connectivity index (χ0v) is 8.75. The van der Waals surface area contributed by atoms with Crippen LogP contribution in [0.5, 0.6) is 0 Å². The summed E-state index contributed by atoms with van der Waals surface area (Å²) in [6.07, 6.45) is 4.76. The van der Waals surface area contributed by atoms with E-state index in [1.807, 2.05) is 6.07 Å². The molecule has 1 aliphatic carbocycles. The molecule has 1 fully saturated rings. The molecule has 0 N–H and O–H groups in total. The molecule has 0 atom stereocenters. The molecule has 0 aromatic carbocycles. The number of Topliss-reactive ketones (excluding diaryl/α,β-unsaturated/α-hetero) is 1. The first-order valence-electron chi connectivity index (χ1n) is 4.40. The fraction of sp³-hybridized carbons (Fsp3) is 0.400. The van der Waals surface area contributed by atoms with Crippen LogP contribution >= 0.6 is 15.9 Å². The number of carbonyl (C=O) groups excluding carboxylic acids is 1. The van der Waals surface area contributed by atoms with Crippen molar-refractivity contribution in [1.29, 1.82) is 0 Å². The number of carbonyl (C=O) groups is 1. The summed E-state index contributed by atoms with van der Waals surface area (Å²) in [5.41, 5.74) is 0.593. The Kier molecular flexibility index (Phi) is 2.44. The fourth-order valence-corrected chi connectivity index (χ4v) is 1.46. The second-order valence-corrected chi connectivity index (χ2v) is 4.35. The molecule has 1 aromatic rings. The largest absolute Gasteiger partial charge is 0.292 e. The number of hydrogen-bond acceptors (Lipinski definition) is 2. The van der Waals surface area contributed by atoms with E-state index in [1.165, 1.54) is 12.8 Å². The van der Waals surface area contributed by atoms with Crippen LogP contribution in [-0.2, 0) is 0 Å². The smallest absolute Gasteiger partial charge is 0.181 e. The van der Waals surface area contributed by atoms with Crippen molar-refractivity contribution in [2.24, 2.45) is 5.92 Å². The van der Waals surface area contributed by atoms with Gasteiger partial charge in [0.1, 0.15) is 5.69 Å². The van der Waals surface area contributed by atoms with Crippen molar-refractivity contribution >= 4 is 21.7 Å². The van der Waals surface area contributed by atoms with Crippen molar-refractivity contribution < 1.29 is 4.79 Å². The SMILES string of the molecule is O=C(CC1CC1)c1ccc(Br)cn1. The molecule has 3 heteroatoms. The van der Waals surface area contributed by atoms with E-state index in [9.17, 15) is 4.79 Å². The van der Waals surface area contributed by atoms with Crippen molar-refractivity contribution in [3.63, 3.8) is 0 Å². The van der Waals surface area contributed by atoms with Crippen molar-refractivity contribution in [2.45, 2.75) is 19.3 Å². The van der Waals surface area contributed by atoms with Crippen LogP contribution in [-0.4, -0.2) is 10.8 Å². The molecule has 0 bridgehead atoms. The second kappa shape index (κ2) is 3.58. The summed E-state index contributed by atoms with van der Waals surface area (Å²) < 4.78 is 0.912. The van der Waals surface area contributed by atoms with E-state index in [2.05, 4.69) is 20.9 Å². The van der Waals surface area contributed by atoms with Crippen LogP contribution in [0.25, 0.3) is 0 Å². The van der Waals surface area contributed by atoms with Gasteiger partial charge in [-0.15, -0.1) is 0 Å². The molecular weight excluding hydrogens is 230 g/mol. The summed E-state index contributed by atoms with van der Waals surface area (Å²) in [5, 5.41) is 0. The maximum Gasteiger partial charge on any atom is 0.181 e. The zero-order valence-electron chi connectivity index (χ0n) is 7.16. The molecular formula is C10H10BrNO. The highest BCUT2D eigenvalue weighted by atomic mass is 79.9. The predicted octanol–water partition coefficient (Wildman–Crippen LogP) is 2.83. The van der Waals surface area contributed by atoms with Gasteiger partial charge in [-0.2, -0.15) is 0 Å². The van der Waals surface area contributed by atoms with Crippen LogP contribution in [0.3, 0.4) is 0 Å². The van der Waals surface area contributed by atoms with Gasteiger partial charge in [-0.3, -0.25) is 9.78 Å². The molecule has 0 aliphatic heterocycles. The first-order chi connectivity index (χ1) is 6.25. The first-order valence-corrected chi connectivity index (χ1v) is 5.20. The number of rotatable bonds is 3. The van der Waals surface area contributed by atoms with Crippen LogP contribution in [0, 0.1) is 5.92 Å². The van der Waals surface area contributed by atoms with Gasteiger partial charge in [0.2, 0.25) is 0 Å². The quantitative estimate of drug-likeness (QED) is 0.760. The molecule has 0 saturated heterocycles. The van der Waals surface area contributed by atoms with Crippen molar-refractivity contribution in [2.75, 3.05) is 0 Å². The number of pyridine rings is 1. The van der Waals surface area contributed by atoms with Gasteiger partial charge in [-0.1, -0.05) is 0 Å². The lowest BCUT2D eigenvalue weighted by atomic mass is 10.1. The van der Waals surface area contributed by atoms with Gasteiger partial charge in [0.25, 0.3) is 0 Å². The molecule has 0 unspecified atom stereocenters. The van der Waals surface area contributed by atoms with Crippen molar-refractivity contribution in [1.82, 2.24) is 4.98 Å². The van der Waals surface area contributed by atoms with Gasteiger partial charge in [0, 0.05) is 17.1 Å². The monoisotopic (exact) mass is 239 g/mol. The molecule has 13 heavy (non-hydrogen) atoms. The number of nitrogens with zero attached hydrogens (tertiary/aromatic N) is 1. The normalized spacial score (nSPS) is 15.8. The third-order valence-electron chi connectivity index (χ3n) is 2.18. The summed E-state index contributed by atoms with van der Waals surface area (Å²) in [6.45, 7) is 0. The topological polar surface area (TPSA) is 30.0 Å².